The molecule has 28 heavy (non-hydrogen) atoms. The molecule has 6 heteroatoms. The fourth-order valence-corrected chi connectivity index (χ4v) is 3.45. The third kappa shape index (κ3) is 4.87. The molecule has 1 saturated heterocycles. The zero-order chi connectivity index (χ0) is 19.2. The number of benzene rings is 1. The van der Waals surface area contributed by atoms with Crippen molar-refractivity contribution in [3.8, 4) is 0 Å². The smallest absolute Gasteiger partial charge is 0.0731 e. The topological polar surface area (TPSA) is 50.3 Å². The van der Waals surface area contributed by atoms with Crippen molar-refractivity contribution in [2.24, 2.45) is 0 Å². The van der Waals surface area contributed by atoms with Crippen LogP contribution in [0, 0.1) is 0 Å². The number of hydrogen-bond acceptors (Lipinski definition) is 5. The first-order chi connectivity index (χ1) is 13.8. The van der Waals surface area contributed by atoms with Crippen LogP contribution in [-0.4, -0.2) is 54.3 Å². The summed E-state index contributed by atoms with van der Waals surface area (Å²) in [5, 5.41) is 5.33. The molecule has 1 aliphatic rings. The Morgan fingerprint density at radius 3 is 2.71 bits per heavy atom. The molecule has 0 bridgehead atoms. The number of nitrogens with zero attached hydrogens (tertiary/aromatic N) is 3. The van der Waals surface area contributed by atoms with Crippen LogP contribution in [0.3, 0.4) is 0 Å². The van der Waals surface area contributed by atoms with Gasteiger partial charge in [0.1, 0.15) is 0 Å². The number of nitrogens with one attached hydrogen (secondary N) is 1. The lowest BCUT2D eigenvalue weighted by Gasteiger charge is -2.26. The first kappa shape index (κ1) is 18.9. The van der Waals surface area contributed by atoms with Crippen molar-refractivity contribution in [3.05, 3.63) is 65.1 Å². The van der Waals surface area contributed by atoms with E-state index >= 15 is 0 Å². The Bertz CT molecular complexity index is 955. The molecule has 4 rings (SSSR count). The number of rotatable bonds is 6. The highest BCUT2D eigenvalue weighted by Gasteiger charge is 2.10. The Morgan fingerprint density at radius 1 is 1.07 bits per heavy atom. The van der Waals surface area contributed by atoms with Crippen LogP contribution in [0.25, 0.3) is 23.1 Å². The number of anilines is 1. The summed E-state index contributed by atoms with van der Waals surface area (Å²) in [6.07, 6.45) is 7.64. The van der Waals surface area contributed by atoms with Gasteiger partial charge in [-0.3, -0.25) is 9.88 Å². The second-order valence-corrected chi connectivity index (χ2v) is 7.19. The summed E-state index contributed by atoms with van der Waals surface area (Å²) < 4.78 is 5.42. The van der Waals surface area contributed by atoms with Gasteiger partial charge in [-0.1, -0.05) is 17.7 Å². The van der Waals surface area contributed by atoms with Crippen LogP contribution in [0.4, 0.5) is 5.69 Å². The van der Waals surface area contributed by atoms with Crippen LogP contribution in [0.15, 0.2) is 48.8 Å². The SMILES string of the molecule is Clc1ccc2nc(/C=C/c3ccncc3)cc(NCCN3CCOCC3)c2c1. The Balaban J connectivity index is 1.55. The zero-order valence-corrected chi connectivity index (χ0v) is 16.4. The minimum Gasteiger partial charge on any atom is -0.383 e. The second kappa shape index (κ2) is 9.15. The lowest BCUT2D eigenvalue weighted by atomic mass is 10.1. The van der Waals surface area contributed by atoms with Crippen LogP contribution in [0.1, 0.15) is 11.3 Å². The minimum absolute atomic E-state index is 0.714. The summed E-state index contributed by atoms with van der Waals surface area (Å²) in [4.78, 5) is 11.2. The van der Waals surface area contributed by atoms with Gasteiger partial charge in [-0.25, -0.2) is 4.98 Å². The fourth-order valence-electron chi connectivity index (χ4n) is 3.28. The first-order valence-corrected chi connectivity index (χ1v) is 9.88. The fraction of sp³-hybridized carbons (Fsp3) is 0.273. The molecule has 144 valence electrons. The molecular weight excluding hydrogens is 372 g/mol. The Morgan fingerprint density at radius 2 is 1.89 bits per heavy atom. The molecule has 1 aromatic carbocycles. The summed E-state index contributed by atoms with van der Waals surface area (Å²) in [5.74, 6) is 0. The van der Waals surface area contributed by atoms with Crippen LogP contribution < -0.4 is 5.32 Å². The van der Waals surface area contributed by atoms with Crippen molar-refractivity contribution in [1.29, 1.82) is 0 Å². The van der Waals surface area contributed by atoms with Crippen LogP contribution in [-0.2, 0) is 4.74 Å². The maximum atomic E-state index is 6.23. The number of ether oxygens (including phenoxy) is 1. The molecule has 1 N–H and O–H groups in total. The standard InChI is InChI=1S/C22H23ClN4O/c23-18-2-4-21-20(15-18)22(25-9-10-27-11-13-28-14-12-27)16-19(26-21)3-1-17-5-7-24-8-6-17/h1-8,15-16H,9-14H2,(H,25,26)/b3-1+. The van der Waals surface area contributed by atoms with E-state index in [1.54, 1.807) is 12.4 Å². The predicted molar refractivity (Wildman–Crippen MR) is 116 cm³/mol. The predicted octanol–water partition coefficient (Wildman–Crippen LogP) is 4.20. The van der Waals surface area contributed by atoms with E-state index in [4.69, 9.17) is 21.3 Å². The van der Waals surface area contributed by atoms with E-state index in [0.29, 0.717) is 5.02 Å². The normalized spacial score (nSPS) is 15.3. The van der Waals surface area contributed by atoms with Crippen molar-refractivity contribution in [1.82, 2.24) is 14.9 Å². The van der Waals surface area contributed by atoms with Crippen LogP contribution >= 0.6 is 11.6 Å². The highest BCUT2D eigenvalue weighted by molar-refractivity contribution is 6.31. The lowest BCUT2D eigenvalue weighted by molar-refractivity contribution is 0.0398. The number of halogens is 1. The highest BCUT2D eigenvalue weighted by Crippen LogP contribution is 2.27. The molecule has 0 saturated carbocycles. The quantitative estimate of drug-likeness (QED) is 0.679. The molecule has 1 fully saturated rings. The van der Waals surface area contributed by atoms with Gasteiger partial charge >= 0.3 is 0 Å². The van der Waals surface area contributed by atoms with Crippen molar-refractivity contribution in [3.63, 3.8) is 0 Å². The maximum absolute atomic E-state index is 6.23. The average molecular weight is 395 g/mol. The molecule has 0 unspecified atom stereocenters. The van der Waals surface area contributed by atoms with E-state index in [9.17, 15) is 0 Å². The summed E-state index contributed by atoms with van der Waals surface area (Å²) in [7, 11) is 0. The second-order valence-electron chi connectivity index (χ2n) is 6.75. The molecule has 0 radical (unpaired) electrons. The lowest BCUT2D eigenvalue weighted by Crippen LogP contribution is -2.39. The number of pyridine rings is 2. The molecule has 0 amide bonds. The van der Waals surface area contributed by atoms with E-state index in [2.05, 4.69) is 21.3 Å². The van der Waals surface area contributed by atoms with Crippen molar-refractivity contribution in [2.45, 2.75) is 0 Å². The van der Waals surface area contributed by atoms with Crippen molar-refractivity contribution in [2.75, 3.05) is 44.7 Å². The maximum Gasteiger partial charge on any atom is 0.0731 e. The monoisotopic (exact) mass is 394 g/mol. The largest absolute Gasteiger partial charge is 0.383 e. The minimum atomic E-state index is 0.714. The number of aromatic nitrogens is 2. The van der Waals surface area contributed by atoms with E-state index in [1.807, 2.05) is 42.5 Å². The highest BCUT2D eigenvalue weighted by atomic mass is 35.5. The van der Waals surface area contributed by atoms with Gasteiger partial charge in [0.15, 0.2) is 0 Å². The third-order valence-electron chi connectivity index (χ3n) is 4.79. The van der Waals surface area contributed by atoms with Gasteiger partial charge in [-0.15, -0.1) is 0 Å². The Hall–Kier alpha value is -2.47. The molecule has 1 aliphatic heterocycles. The Kier molecular flexibility index (Phi) is 6.17. The third-order valence-corrected chi connectivity index (χ3v) is 5.03. The van der Waals surface area contributed by atoms with Gasteiger partial charge < -0.3 is 10.1 Å². The molecule has 3 aromatic rings. The van der Waals surface area contributed by atoms with E-state index in [0.717, 1.165) is 67.2 Å². The zero-order valence-electron chi connectivity index (χ0n) is 15.6. The molecule has 0 spiro atoms. The molecule has 0 aliphatic carbocycles. The molecule has 2 aromatic heterocycles. The van der Waals surface area contributed by atoms with Gasteiger partial charge in [0.05, 0.1) is 24.4 Å². The summed E-state index contributed by atoms with van der Waals surface area (Å²) in [5.41, 5.74) is 3.97. The van der Waals surface area contributed by atoms with Gasteiger partial charge in [0.2, 0.25) is 0 Å². The molecule has 5 nitrogen and oxygen atoms in total. The van der Waals surface area contributed by atoms with E-state index in [-0.39, 0.29) is 0 Å². The number of morpholine rings is 1. The number of hydrogen-bond donors (Lipinski definition) is 1. The molecular formula is C22H23ClN4O. The van der Waals surface area contributed by atoms with Crippen LogP contribution in [0.2, 0.25) is 5.02 Å². The first-order valence-electron chi connectivity index (χ1n) is 9.50. The van der Waals surface area contributed by atoms with Crippen molar-refractivity contribution < 1.29 is 4.74 Å². The van der Waals surface area contributed by atoms with Gasteiger partial charge in [0.25, 0.3) is 0 Å². The summed E-state index contributed by atoms with van der Waals surface area (Å²) in [6, 6.07) is 11.8. The van der Waals surface area contributed by atoms with Crippen molar-refractivity contribution >= 4 is 40.3 Å². The Labute approximate surface area is 170 Å². The van der Waals surface area contributed by atoms with Gasteiger partial charge in [-0.05, 0) is 48.0 Å². The van der Waals surface area contributed by atoms with E-state index in [1.165, 1.54) is 0 Å². The number of fused-ring (bicyclic) bond motifs is 1. The molecule has 3 heterocycles. The summed E-state index contributed by atoms with van der Waals surface area (Å²) >= 11 is 6.23. The van der Waals surface area contributed by atoms with Gasteiger partial charge in [-0.2, -0.15) is 0 Å². The van der Waals surface area contributed by atoms with Gasteiger partial charge in [0, 0.05) is 54.7 Å². The van der Waals surface area contributed by atoms with E-state index < -0.39 is 0 Å². The average Bonchev–Trinajstić information content (AvgIpc) is 2.74. The van der Waals surface area contributed by atoms with Crippen LogP contribution in [0.5, 0.6) is 0 Å². The summed E-state index contributed by atoms with van der Waals surface area (Å²) in [6.45, 7) is 5.46. The molecule has 0 atom stereocenters.